The van der Waals surface area contributed by atoms with Gasteiger partial charge in [0.2, 0.25) is 0 Å². The topological polar surface area (TPSA) is 74.3 Å². The molecule has 0 bridgehead atoms. The van der Waals surface area contributed by atoms with Crippen molar-refractivity contribution in [3.05, 3.63) is 53.3 Å². The van der Waals surface area contributed by atoms with Crippen molar-refractivity contribution in [3.63, 3.8) is 0 Å². The van der Waals surface area contributed by atoms with Gasteiger partial charge >= 0.3 is 0 Å². The summed E-state index contributed by atoms with van der Waals surface area (Å²) in [5, 5.41) is 5.79. The van der Waals surface area contributed by atoms with Crippen LogP contribution in [0.4, 0.5) is 11.4 Å². The Morgan fingerprint density at radius 3 is 2.41 bits per heavy atom. The van der Waals surface area contributed by atoms with Gasteiger partial charge in [0, 0.05) is 42.8 Å². The molecule has 0 aliphatic heterocycles. The minimum absolute atomic E-state index is 0.183. The zero-order valence-corrected chi connectivity index (χ0v) is 17.9. The second kappa shape index (κ2) is 11.2. The average molecular weight is 397 g/mol. The van der Waals surface area contributed by atoms with Gasteiger partial charge in [-0.1, -0.05) is 19.8 Å². The lowest BCUT2D eigenvalue weighted by molar-refractivity contribution is 0.0953. The lowest BCUT2D eigenvalue weighted by Crippen LogP contribution is -2.25. The summed E-state index contributed by atoms with van der Waals surface area (Å²) in [6.07, 6.45) is 4.62. The Balaban J connectivity index is 2.06. The van der Waals surface area contributed by atoms with E-state index in [0.29, 0.717) is 12.1 Å². The molecule has 0 atom stereocenters. The number of nitrogens with zero attached hydrogens (tertiary/aromatic N) is 2. The van der Waals surface area contributed by atoms with Gasteiger partial charge in [-0.05, 0) is 63.1 Å². The Hall–Kier alpha value is -2.89. The molecule has 156 valence electrons. The molecule has 6 heteroatoms. The van der Waals surface area contributed by atoms with Crippen LogP contribution in [0.5, 0.6) is 0 Å². The number of hydrogen-bond acceptors (Lipinski definition) is 4. The number of unbranched alkanes of at least 4 members (excludes halogenated alkanes) is 2. The van der Waals surface area contributed by atoms with E-state index in [9.17, 15) is 9.59 Å². The normalized spacial score (nSPS) is 10.5. The summed E-state index contributed by atoms with van der Waals surface area (Å²) >= 11 is 0. The van der Waals surface area contributed by atoms with E-state index in [0.717, 1.165) is 49.3 Å². The van der Waals surface area contributed by atoms with Gasteiger partial charge in [-0.2, -0.15) is 0 Å². The van der Waals surface area contributed by atoms with Crippen molar-refractivity contribution in [2.75, 3.05) is 29.9 Å². The number of hydrogen-bond donors (Lipinski definition) is 2. The Bertz CT molecular complexity index is 831. The second-order valence-corrected chi connectivity index (χ2v) is 7.02. The fourth-order valence-electron chi connectivity index (χ4n) is 3.13. The van der Waals surface area contributed by atoms with Gasteiger partial charge in [0.05, 0.1) is 0 Å². The van der Waals surface area contributed by atoms with Crippen LogP contribution in [0.3, 0.4) is 0 Å². The van der Waals surface area contributed by atoms with Crippen LogP contribution in [0.25, 0.3) is 0 Å². The molecule has 2 rings (SSSR count). The highest BCUT2D eigenvalue weighted by molar-refractivity contribution is 6.05. The number of aromatic nitrogens is 1. The number of benzene rings is 1. The zero-order chi connectivity index (χ0) is 21.2. The average Bonchev–Trinajstić information content (AvgIpc) is 2.74. The summed E-state index contributed by atoms with van der Waals surface area (Å²) in [5.41, 5.74) is 3.51. The number of pyridine rings is 1. The first-order valence-corrected chi connectivity index (χ1v) is 10.4. The predicted octanol–water partition coefficient (Wildman–Crippen LogP) is 4.41. The molecule has 2 amide bonds. The third-order valence-electron chi connectivity index (χ3n) is 4.91. The molecule has 0 unspecified atom stereocenters. The molecule has 0 saturated heterocycles. The van der Waals surface area contributed by atoms with Crippen molar-refractivity contribution in [3.8, 4) is 0 Å². The Kier molecular flexibility index (Phi) is 8.65. The maximum atomic E-state index is 12.7. The molecule has 0 spiro atoms. The molecule has 6 nitrogen and oxygen atoms in total. The summed E-state index contributed by atoms with van der Waals surface area (Å²) in [6, 6.07) is 9.13. The molecule has 1 aromatic carbocycles. The maximum Gasteiger partial charge on any atom is 0.274 e. The smallest absolute Gasteiger partial charge is 0.274 e. The zero-order valence-electron chi connectivity index (χ0n) is 17.9. The molecule has 2 aromatic rings. The number of carbonyl (C=O) groups is 2. The number of aryl methyl sites for hydroxylation is 1. The number of nitrogens with one attached hydrogen (secondary N) is 2. The highest BCUT2D eigenvalue weighted by Gasteiger charge is 2.13. The van der Waals surface area contributed by atoms with Crippen LogP contribution in [-0.4, -0.2) is 36.4 Å². The lowest BCUT2D eigenvalue weighted by atomic mass is 10.1. The van der Waals surface area contributed by atoms with E-state index in [2.05, 4.69) is 47.4 Å². The van der Waals surface area contributed by atoms with Crippen LogP contribution in [0, 0.1) is 6.92 Å². The molecular weight excluding hydrogens is 364 g/mol. The Morgan fingerprint density at radius 2 is 1.76 bits per heavy atom. The van der Waals surface area contributed by atoms with Gasteiger partial charge in [0.25, 0.3) is 11.8 Å². The first kappa shape index (κ1) is 22.4. The minimum Gasteiger partial charge on any atom is -0.372 e. The third-order valence-corrected chi connectivity index (χ3v) is 4.91. The fraction of sp³-hybridized carbons (Fsp3) is 0.435. The van der Waals surface area contributed by atoms with E-state index in [1.165, 1.54) is 12.3 Å². The maximum absolute atomic E-state index is 12.7. The van der Waals surface area contributed by atoms with Crippen LogP contribution >= 0.6 is 0 Å². The first-order valence-electron chi connectivity index (χ1n) is 10.4. The van der Waals surface area contributed by atoms with Crippen molar-refractivity contribution in [2.24, 2.45) is 0 Å². The van der Waals surface area contributed by atoms with Crippen molar-refractivity contribution in [1.29, 1.82) is 0 Å². The molecule has 0 aliphatic rings. The first-order chi connectivity index (χ1) is 14.0. The summed E-state index contributed by atoms with van der Waals surface area (Å²) in [5.74, 6) is -0.512. The van der Waals surface area contributed by atoms with E-state index < -0.39 is 0 Å². The summed E-state index contributed by atoms with van der Waals surface area (Å²) in [4.78, 5) is 31.3. The van der Waals surface area contributed by atoms with Crippen molar-refractivity contribution >= 4 is 23.2 Å². The van der Waals surface area contributed by atoms with Gasteiger partial charge in [0.15, 0.2) is 0 Å². The van der Waals surface area contributed by atoms with Crippen molar-refractivity contribution in [2.45, 2.75) is 47.0 Å². The largest absolute Gasteiger partial charge is 0.372 e. The number of rotatable bonds is 10. The van der Waals surface area contributed by atoms with E-state index in [1.54, 1.807) is 6.07 Å². The van der Waals surface area contributed by atoms with Crippen LogP contribution in [0.15, 0.2) is 36.5 Å². The molecule has 29 heavy (non-hydrogen) atoms. The monoisotopic (exact) mass is 396 g/mol. The quantitative estimate of drug-likeness (QED) is 0.584. The number of amides is 2. The highest BCUT2D eigenvalue weighted by Crippen LogP contribution is 2.23. The Morgan fingerprint density at radius 1 is 1.00 bits per heavy atom. The fourth-order valence-corrected chi connectivity index (χ4v) is 3.13. The van der Waals surface area contributed by atoms with Gasteiger partial charge in [0.1, 0.15) is 5.69 Å². The molecule has 0 fully saturated rings. The lowest BCUT2D eigenvalue weighted by Gasteiger charge is -2.22. The number of anilines is 2. The highest BCUT2D eigenvalue weighted by atomic mass is 16.2. The van der Waals surface area contributed by atoms with Crippen LogP contribution in [-0.2, 0) is 0 Å². The Labute approximate surface area is 173 Å². The summed E-state index contributed by atoms with van der Waals surface area (Å²) < 4.78 is 0. The molecule has 0 aliphatic carbocycles. The van der Waals surface area contributed by atoms with Gasteiger partial charge in [-0.3, -0.25) is 14.6 Å². The predicted molar refractivity (Wildman–Crippen MR) is 119 cm³/mol. The van der Waals surface area contributed by atoms with E-state index in [-0.39, 0.29) is 17.5 Å². The third kappa shape index (κ3) is 6.31. The van der Waals surface area contributed by atoms with Crippen molar-refractivity contribution in [1.82, 2.24) is 10.3 Å². The molecule has 1 heterocycles. The molecule has 2 N–H and O–H groups in total. The van der Waals surface area contributed by atoms with Gasteiger partial charge < -0.3 is 15.5 Å². The number of carbonyl (C=O) groups excluding carboxylic acids is 2. The van der Waals surface area contributed by atoms with Crippen LogP contribution in [0.2, 0.25) is 0 Å². The van der Waals surface area contributed by atoms with Crippen LogP contribution in [0.1, 0.15) is 66.4 Å². The SMILES string of the molecule is CCCCCNC(=O)c1ccnc(C(=O)Nc2ccc(N(CC)CC)cc2C)c1. The van der Waals surface area contributed by atoms with E-state index in [4.69, 9.17) is 0 Å². The second-order valence-electron chi connectivity index (χ2n) is 7.02. The van der Waals surface area contributed by atoms with Crippen LogP contribution < -0.4 is 15.5 Å². The van der Waals surface area contributed by atoms with Gasteiger partial charge in [-0.15, -0.1) is 0 Å². The molecule has 0 saturated carbocycles. The summed E-state index contributed by atoms with van der Waals surface area (Å²) in [6.45, 7) is 10.8. The minimum atomic E-state index is -0.329. The standard InChI is InChI=1S/C23H32N4O2/c1-5-8-9-13-25-22(28)18-12-14-24-21(16-18)23(29)26-20-11-10-19(15-17(20)4)27(6-2)7-3/h10-12,14-16H,5-9,13H2,1-4H3,(H,25,28)(H,26,29). The van der Waals surface area contributed by atoms with Crippen molar-refractivity contribution < 1.29 is 9.59 Å². The molecular formula is C23H32N4O2. The van der Waals surface area contributed by atoms with Gasteiger partial charge in [-0.25, -0.2) is 0 Å². The van der Waals surface area contributed by atoms with E-state index >= 15 is 0 Å². The summed E-state index contributed by atoms with van der Waals surface area (Å²) in [7, 11) is 0. The van der Waals surface area contributed by atoms with E-state index in [1.807, 2.05) is 19.1 Å². The molecule has 1 aromatic heterocycles. The molecule has 0 radical (unpaired) electrons.